The van der Waals surface area contributed by atoms with Crippen molar-refractivity contribution in [3.8, 4) is 16.9 Å². The number of rotatable bonds is 2. The van der Waals surface area contributed by atoms with Gasteiger partial charge in [0.2, 0.25) is 0 Å². The van der Waals surface area contributed by atoms with Gasteiger partial charge in [-0.15, -0.1) is 0 Å². The van der Waals surface area contributed by atoms with Crippen LogP contribution < -0.4 is 0 Å². The van der Waals surface area contributed by atoms with E-state index >= 15 is 0 Å². The number of carbonyl (C=O) groups excluding carboxylic acids is 1. The number of phenols is 1. The number of nitrogens with zero attached hydrogens (tertiary/aromatic N) is 1. The first-order chi connectivity index (χ1) is 8.26. The molecule has 0 aromatic heterocycles. The summed E-state index contributed by atoms with van der Waals surface area (Å²) >= 11 is 0. The zero-order valence-corrected chi connectivity index (χ0v) is 8.92. The van der Waals surface area contributed by atoms with E-state index in [0.717, 1.165) is 5.56 Å². The molecule has 0 atom stereocenters. The third-order valence-electron chi connectivity index (χ3n) is 2.50. The van der Waals surface area contributed by atoms with Crippen LogP contribution in [0.2, 0.25) is 0 Å². The van der Waals surface area contributed by atoms with Gasteiger partial charge in [-0.1, -0.05) is 36.4 Å². The highest BCUT2D eigenvalue weighted by molar-refractivity contribution is 5.85. The monoisotopic (exact) mass is 223 g/mol. The Kier molecular flexibility index (Phi) is 2.89. The molecule has 0 aliphatic carbocycles. The Morgan fingerprint density at radius 1 is 1.12 bits per heavy atom. The molecule has 2 aromatic rings. The molecule has 2 aromatic carbocycles. The third kappa shape index (κ3) is 2.01. The van der Waals surface area contributed by atoms with Crippen LogP contribution in [0, 0.1) is 6.57 Å². The lowest BCUT2D eigenvalue weighted by Gasteiger charge is -2.06. The molecule has 0 bridgehead atoms. The molecule has 0 spiro atoms. The number of benzene rings is 2. The van der Waals surface area contributed by atoms with E-state index in [9.17, 15) is 9.90 Å². The summed E-state index contributed by atoms with van der Waals surface area (Å²) in [7, 11) is 0. The zero-order chi connectivity index (χ0) is 12.3. The van der Waals surface area contributed by atoms with Crippen molar-refractivity contribution < 1.29 is 9.90 Å². The minimum Gasteiger partial charge on any atom is -0.507 e. The molecule has 0 radical (unpaired) electrons. The fourth-order valence-electron chi connectivity index (χ4n) is 1.60. The van der Waals surface area contributed by atoms with Crippen LogP contribution in [0.3, 0.4) is 0 Å². The maximum absolute atomic E-state index is 10.7. The van der Waals surface area contributed by atoms with Gasteiger partial charge in [0.05, 0.1) is 12.1 Å². The van der Waals surface area contributed by atoms with Crippen molar-refractivity contribution in [2.45, 2.75) is 0 Å². The summed E-state index contributed by atoms with van der Waals surface area (Å²) in [6.07, 6.45) is 0.617. The first kappa shape index (κ1) is 10.9. The fraction of sp³-hybridized carbons (Fsp3) is 0. The van der Waals surface area contributed by atoms with E-state index in [1.54, 1.807) is 42.5 Å². The normalized spacial score (nSPS) is 9.59. The standard InChI is InChI=1S/C14H9NO2/c1-15-12-7-5-10(6-8-12)13-4-2-3-11(9-16)14(13)17/h2-9,17H. The van der Waals surface area contributed by atoms with Crippen LogP contribution in [0.25, 0.3) is 16.0 Å². The van der Waals surface area contributed by atoms with Crippen molar-refractivity contribution in [3.05, 3.63) is 59.4 Å². The van der Waals surface area contributed by atoms with Gasteiger partial charge in [0, 0.05) is 5.56 Å². The van der Waals surface area contributed by atoms with E-state index in [0.29, 0.717) is 17.5 Å². The number of phenolic OH excluding ortho intramolecular Hbond substituents is 1. The van der Waals surface area contributed by atoms with Gasteiger partial charge in [-0.3, -0.25) is 4.79 Å². The van der Waals surface area contributed by atoms with Crippen LogP contribution in [-0.4, -0.2) is 11.4 Å². The minimum absolute atomic E-state index is 0.0296. The summed E-state index contributed by atoms with van der Waals surface area (Å²) in [6, 6.07) is 11.8. The zero-order valence-electron chi connectivity index (χ0n) is 8.92. The van der Waals surface area contributed by atoms with E-state index in [1.807, 2.05) is 0 Å². The van der Waals surface area contributed by atoms with Crippen LogP contribution in [-0.2, 0) is 0 Å². The molecular weight excluding hydrogens is 214 g/mol. The van der Waals surface area contributed by atoms with Gasteiger partial charge in [-0.2, -0.15) is 0 Å². The molecule has 3 heteroatoms. The number of hydrogen-bond acceptors (Lipinski definition) is 2. The molecule has 0 saturated carbocycles. The number of hydrogen-bond donors (Lipinski definition) is 1. The second kappa shape index (κ2) is 4.50. The Morgan fingerprint density at radius 2 is 1.82 bits per heavy atom. The molecule has 2 rings (SSSR count). The molecule has 0 saturated heterocycles. The van der Waals surface area contributed by atoms with Gasteiger partial charge in [0.15, 0.2) is 12.0 Å². The molecule has 0 amide bonds. The van der Waals surface area contributed by atoms with Gasteiger partial charge >= 0.3 is 0 Å². The van der Waals surface area contributed by atoms with Gasteiger partial charge in [0.1, 0.15) is 5.75 Å². The molecule has 0 fully saturated rings. The largest absolute Gasteiger partial charge is 0.507 e. The van der Waals surface area contributed by atoms with E-state index < -0.39 is 0 Å². The van der Waals surface area contributed by atoms with Crippen molar-refractivity contribution in [1.82, 2.24) is 0 Å². The second-order valence-corrected chi connectivity index (χ2v) is 3.52. The lowest BCUT2D eigenvalue weighted by molar-refractivity contribution is 0.112. The number of para-hydroxylation sites is 1. The average molecular weight is 223 g/mol. The van der Waals surface area contributed by atoms with Crippen LogP contribution in [0.1, 0.15) is 10.4 Å². The highest BCUT2D eigenvalue weighted by Crippen LogP contribution is 2.32. The van der Waals surface area contributed by atoms with Gasteiger partial charge in [-0.05, 0) is 11.6 Å². The first-order valence-corrected chi connectivity index (χ1v) is 5.01. The Morgan fingerprint density at radius 3 is 2.41 bits per heavy atom. The Hall–Kier alpha value is -2.60. The number of aromatic hydroxyl groups is 1. The fourth-order valence-corrected chi connectivity index (χ4v) is 1.60. The first-order valence-electron chi connectivity index (χ1n) is 5.01. The summed E-state index contributed by atoms with van der Waals surface area (Å²) in [6.45, 7) is 6.85. The topological polar surface area (TPSA) is 41.7 Å². The smallest absolute Gasteiger partial charge is 0.187 e. The van der Waals surface area contributed by atoms with E-state index in [-0.39, 0.29) is 11.3 Å². The van der Waals surface area contributed by atoms with E-state index in [2.05, 4.69) is 4.85 Å². The molecule has 1 N–H and O–H groups in total. The van der Waals surface area contributed by atoms with Crippen LogP contribution in [0.4, 0.5) is 5.69 Å². The average Bonchev–Trinajstić information content (AvgIpc) is 2.39. The van der Waals surface area contributed by atoms with Gasteiger partial charge in [0.25, 0.3) is 0 Å². The molecule has 0 heterocycles. The highest BCUT2D eigenvalue weighted by Gasteiger charge is 2.07. The summed E-state index contributed by atoms with van der Waals surface area (Å²) < 4.78 is 0. The summed E-state index contributed by atoms with van der Waals surface area (Å²) in [5, 5.41) is 9.88. The van der Waals surface area contributed by atoms with Crippen molar-refractivity contribution in [2.24, 2.45) is 0 Å². The summed E-state index contributed by atoms with van der Waals surface area (Å²) in [4.78, 5) is 14.0. The maximum Gasteiger partial charge on any atom is 0.187 e. The lowest BCUT2D eigenvalue weighted by Crippen LogP contribution is -1.85. The maximum atomic E-state index is 10.7. The molecule has 17 heavy (non-hydrogen) atoms. The van der Waals surface area contributed by atoms with Gasteiger partial charge in [-0.25, -0.2) is 4.85 Å². The third-order valence-corrected chi connectivity index (χ3v) is 2.50. The summed E-state index contributed by atoms with van der Waals surface area (Å²) in [5.74, 6) is -0.0296. The molecular formula is C14H9NO2. The highest BCUT2D eigenvalue weighted by atomic mass is 16.3. The molecule has 0 unspecified atom stereocenters. The lowest BCUT2D eigenvalue weighted by atomic mass is 10.0. The predicted octanol–water partition coefficient (Wildman–Crippen LogP) is 3.42. The van der Waals surface area contributed by atoms with E-state index in [1.165, 1.54) is 0 Å². The molecule has 82 valence electrons. The van der Waals surface area contributed by atoms with Crippen LogP contribution in [0.15, 0.2) is 42.5 Å². The van der Waals surface area contributed by atoms with Crippen LogP contribution >= 0.6 is 0 Å². The quantitative estimate of drug-likeness (QED) is 0.626. The summed E-state index contributed by atoms with van der Waals surface area (Å²) in [5.41, 5.74) is 2.17. The van der Waals surface area contributed by atoms with E-state index in [4.69, 9.17) is 6.57 Å². The molecule has 3 nitrogen and oxygen atoms in total. The molecule has 0 aliphatic rings. The Balaban J connectivity index is 2.53. The Labute approximate surface area is 98.8 Å². The second-order valence-electron chi connectivity index (χ2n) is 3.52. The SMILES string of the molecule is [C-]#[N+]c1ccc(-c2cccc(C=O)c2O)cc1. The van der Waals surface area contributed by atoms with Crippen molar-refractivity contribution >= 4 is 12.0 Å². The number of aldehydes is 1. The van der Waals surface area contributed by atoms with Gasteiger partial charge < -0.3 is 5.11 Å². The molecule has 0 aliphatic heterocycles. The van der Waals surface area contributed by atoms with Crippen molar-refractivity contribution in [3.63, 3.8) is 0 Å². The van der Waals surface area contributed by atoms with Crippen molar-refractivity contribution in [2.75, 3.05) is 0 Å². The number of carbonyl (C=O) groups is 1. The Bertz CT molecular complexity index is 595. The van der Waals surface area contributed by atoms with Crippen molar-refractivity contribution in [1.29, 1.82) is 0 Å². The van der Waals surface area contributed by atoms with Crippen LogP contribution in [0.5, 0.6) is 5.75 Å². The minimum atomic E-state index is -0.0296. The predicted molar refractivity (Wildman–Crippen MR) is 65.2 cm³/mol.